The zero-order chi connectivity index (χ0) is 5.58. The predicted octanol–water partition coefficient (Wildman–Crippen LogP) is -1.44. The second kappa shape index (κ2) is 52.9. The predicted molar refractivity (Wildman–Crippen MR) is 55.8 cm³/mol. The average molecular weight is 386 g/mol. The van der Waals surface area contributed by atoms with Crippen LogP contribution in [0.15, 0.2) is 0 Å². The molecule has 0 radical (unpaired) electrons. The number of rotatable bonds is 0. The molecule has 0 fully saturated rings. The van der Waals surface area contributed by atoms with Crippen molar-refractivity contribution in [1.82, 2.24) is 0 Å². The van der Waals surface area contributed by atoms with Gasteiger partial charge in [-0.1, -0.05) is 0 Å². The van der Waals surface area contributed by atoms with E-state index in [-0.39, 0.29) is 21.9 Å². The SMILES string of the molecule is CC(=O)O.II.O.O.O.O. The van der Waals surface area contributed by atoms with Crippen LogP contribution in [0.3, 0.4) is 0 Å². The summed E-state index contributed by atoms with van der Waals surface area (Å²) >= 11 is 4.24. The number of carboxylic acid groups (broad SMARTS) is 1. The largest absolute Gasteiger partial charge is 0.481 e. The third-order valence-electron chi connectivity index (χ3n) is 0. The van der Waals surface area contributed by atoms with Crippen molar-refractivity contribution in [2.24, 2.45) is 0 Å². The van der Waals surface area contributed by atoms with Crippen LogP contribution >= 0.6 is 37.2 Å². The maximum absolute atomic E-state index is 9.00. The van der Waals surface area contributed by atoms with Crippen LogP contribution in [0.1, 0.15) is 6.92 Å². The van der Waals surface area contributed by atoms with E-state index >= 15 is 0 Å². The molecule has 70 valence electrons. The molecule has 0 aliphatic rings. The first-order valence-corrected chi connectivity index (χ1v) is 7.36. The molecule has 0 bridgehead atoms. The molecule has 0 aromatic heterocycles. The Morgan fingerprint density at radius 2 is 1.10 bits per heavy atom. The van der Waals surface area contributed by atoms with Crippen LogP contribution in [0, 0.1) is 0 Å². The summed E-state index contributed by atoms with van der Waals surface area (Å²) in [6.07, 6.45) is 0. The molecule has 0 aliphatic heterocycles. The molecule has 0 amide bonds. The smallest absolute Gasteiger partial charge is 0.300 e. The van der Waals surface area contributed by atoms with E-state index in [1.54, 1.807) is 0 Å². The number of hydrogen-bond donors (Lipinski definition) is 1. The fourth-order valence-corrected chi connectivity index (χ4v) is 0. The van der Waals surface area contributed by atoms with Crippen molar-refractivity contribution in [3.8, 4) is 0 Å². The Bertz CT molecular complexity index is 36.7. The van der Waals surface area contributed by atoms with Gasteiger partial charge in [0, 0.05) is 44.2 Å². The van der Waals surface area contributed by atoms with Gasteiger partial charge in [0.1, 0.15) is 0 Å². The molecule has 0 unspecified atom stereocenters. The van der Waals surface area contributed by atoms with Crippen molar-refractivity contribution in [1.29, 1.82) is 0 Å². The summed E-state index contributed by atoms with van der Waals surface area (Å²) in [5, 5.41) is 7.42. The van der Waals surface area contributed by atoms with Gasteiger partial charge in [0.25, 0.3) is 5.97 Å². The Morgan fingerprint density at radius 3 is 1.10 bits per heavy atom. The van der Waals surface area contributed by atoms with Crippen LogP contribution in [0.5, 0.6) is 0 Å². The highest BCUT2D eigenvalue weighted by molar-refractivity contribution is 15.0. The third-order valence-corrected chi connectivity index (χ3v) is 0. The molecule has 8 heteroatoms. The molecule has 0 atom stereocenters. The lowest BCUT2D eigenvalue weighted by Gasteiger charge is -1.59. The quantitative estimate of drug-likeness (QED) is 0.505. The van der Waals surface area contributed by atoms with Gasteiger partial charge < -0.3 is 27.0 Å². The van der Waals surface area contributed by atoms with E-state index in [1.165, 1.54) is 0 Å². The topological polar surface area (TPSA) is 163 Å². The van der Waals surface area contributed by atoms with E-state index in [2.05, 4.69) is 37.2 Å². The first-order valence-electron chi connectivity index (χ1n) is 1.07. The van der Waals surface area contributed by atoms with Gasteiger partial charge in [-0.25, -0.2) is 0 Å². The highest BCUT2D eigenvalue weighted by atomic mass is 128. The number of aliphatic carboxylic acids is 1. The standard InChI is InChI=1S/C2H4O2.I2.4H2O/c1-2(3)4;1-2;;;;/h1H3,(H,3,4);;4*1H2. The summed E-state index contributed by atoms with van der Waals surface area (Å²) in [4.78, 5) is 9.00. The van der Waals surface area contributed by atoms with Gasteiger partial charge in [0.15, 0.2) is 0 Å². The van der Waals surface area contributed by atoms with Crippen LogP contribution in [0.4, 0.5) is 0 Å². The van der Waals surface area contributed by atoms with Crippen LogP contribution in [-0.2, 0) is 4.79 Å². The van der Waals surface area contributed by atoms with Crippen molar-refractivity contribution in [3.63, 3.8) is 0 Å². The van der Waals surface area contributed by atoms with Crippen LogP contribution in [-0.4, -0.2) is 33.0 Å². The monoisotopic (exact) mass is 386 g/mol. The van der Waals surface area contributed by atoms with Crippen molar-refractivity contribution < 1.29 is 31.8 Å². The van der Waals surface area contributed by atoms with E-state index in [0.29, 0.717) is 0 Å². The fraction of sp³-hybridized carbons (Fsp3) is 0.500. The van der Waals surface area contributed by atoms with Gasteiger partial charge in [0.05, 0.1) is 0 Å². The highest BCUT2D eigenvalue weighted by Crippen LogP contribution is 1.89. The summed E-state index contributed by atoms with van der Waals surface area (Å²) in [5.41, 5.74) is 0. The van der Waals surface area contributed by atoms with Gasteiger partial charge in [-0.3, -0.25) is 4.79 Å². The molecular weight excluding hydrogens is 374 g/mol. The fourth-order valence-electron chi connectivity index (χ4n) is 0. The summed E-state index contributed by atoms with van der Waals surface area (Å²) in [5.74, 6) is -0.833. The maximum atomic E-state index is 9.00. The lowest BCUT2D eigenvalue weighted by molar-refractivity contribution is -0.134. The normalized spacial score (nSPS) is 3.10. The lowest BCUT2D eigenvalue weighted by Crippen LogP contribution is -1.78. The first-order chi connectivity index (χ1) is 2.73. The molecule has 0 heterocycles. The van der Waals surface area contributed by atoms with Crippen molar-refractivity contribution >= 4 is 43.2 Å². The molecule has 0 saturated carbocycles. The summed E-state index contributed by atoms with van der Waals surface area (Å²) < 4.78 is 0. The van der Waals surface area contributed by atoms with E-state index < -0.39 is 5.97 Å². The summed E-state index contributed by atoms with van der Waals surface area (Å²) in [6.45, 7) is 1.08. The molecule has 9 N–H and O–H groups in total. The van der Waals surface area contributed by atoms with E-state index in [1.807, 2.05) is 0 Å². The van der Waals surface area contributed by atoms with Crippen LogP contribution < -0.4 is 0 Å². The number of carbonyl (C=O) groups is 1. The molecule has 10 heavy (non-hydrogen) atoms. The lowest BCUT2D eigenvalue weighted by atomic mass is 10.9. The Balaban J connectivity index is -0.00000000625. The molecule has 0 saturated heterocycles. The van der Waals surface area contributed by atoms with Crippen LogP contribution in [0.2, 0.25) is 0 Å². The van der Waals surface area contributed by atoms with Crippen molar-refractivity contribution in [2.45, 2.75) is 6.92 Å². The second-order valence-electron chi connectivity index (χ2n) is 0.519. The number of halogens is 2. The number of carboxylic acids is 1. The average Bonchev–Trinajstić information content (AvgIpc) is 1.41. The summed E-state index contributed by atoms with van der Waals surface area (Å²) in [6, 6.07) is 0. The van der Waals surface area contributed by atoms with Gasteiger partial charge in [-0.15, -0.1) is 0 Å². The Morgan fingerprint density at radius 1 is 1.10 bits per heavy atom. The molecule has 0 aromatic carbocycles. The minimum Gasteiger partial charge on any atom is -0.481 e. The molecule has 0 spiro atoms. The zero-order valence-electron chi connectivity index (χ0n) is 5.11. The highest BCUT2D eigenvalue weighted by Gasteiger charge is 1.65. The minimum atomic E-state index is -0.833. The van der Waals surface area contributed by atoms with E-state index in [9.17, 15) is 0 Å². The first kappa shape index (κ1) is 45.2. The Labute approximate surface area is 81.5 Å². The van der Waals surface area contributed by atoms with Gasteiger partial charge in [-0.05, 0) is 0 Å². The van der Waals surface area contributed by atoms with E-state index in [0.717, 1.165) is 6.92 Å². The summed E-state index contributed by atoms with van der Waals surface area (Å²) in [7, 11) is 0. The molecule has 0 aromatic rings. The van der Waals surface area contributed by atoms with Crippen molar-refractivity contribution in [3.05, 3.63) is 0 Å². The third kappa shape index (κ3) is 893. The molecule has 6 nitrogen and oxygen atoms in total. The van der Waals surface area contributed by atoms with Gasteiger partial charge >= 0.3 is 0 Å². The second-order valence-corrected chi connectivity index (χ2v) is 0.519. The zero-order valence-corrected chi connectivity index (χ0v) is 9.43. The Hall–Kier alpha value is 0.770. The van der Waals surface area contributed by atoms with Crippen molar-refractivity contribution in [2.75, 3.05) is 0 Å². The maximum Gasteiger partial charge on any atom is 0.300 e. The number of hydrogen-bond acceptors (Lipinski definition) is 1. The van der Waals surface area contributed by atoms with E-state index in [4.69, 9.17) is 9.90 Å². The molecule has 0 aliphatic carbocycles. The molecule has 0 rings (SSSR count). The molecular formula is C2H12I2O6. The minimum absolute atomic E-state index is 0. The Kier molecular flexibility index (Phi) is 239. The van der Waals surface area contributed by atoms with Crippen LogP contribution in [0.25, 0.3) is 0 Å². The van der Waals surface area contributed by atoms with Gasteiger partial charge in [0.2, 0.25) is 0 Å². The van der Waals surface area contributed by atoms with Gasteiger partial charge in [-0.2, -0.15) is 0 Å².